The minimum atomic E-state index is -0.922. The molecule has 6 heteroatoms. The summed E-state index contributed by atoms with van der Waals surface area (Å²) >= 11 is 1.48. The second kappa shape index (κ2) is 6.47. The van der Waals surface area contributed by atoms with Crippen LogP contribution >= 0.6 is 11.8 Å². The molecule has 0 amide bonds. The Morgan fingerprint density at radius 3 is 3.05 bits per heavy atom. The lowest BCUT2D eigenvalue weighted by Crippen LogP contribution is -1.92. The van der Waals surface area contributed by atoms with Gasteiger partial charge in [-0.25, -0.2) is 9.78 Å². The maximum Gasteiger partial charge on any atom is 0.328 e. The van der Waals surface area contributed by atoms with E-state index in [-0.39, 0.29) is 0 Å². The fraction of sp³-hybridized carbons (Fsp3) is 0.286. The number of ether oxygens (including phenoxy) is 1. The Hall–Kier alpha value is -1.95. The zero-order chi connectivity index (χ0) is 14.5. The molecule has 0 radical (unpaired) electrons. The van der Waals surface area contributed by atoms with E-state index in [0.29, 0.717) is 12.4 Å². The van der Waals surface area contributed by atoms with Crippen LogP contribution in [-0.4, -0.2) is 33.4 Å². The van der Waals surface area contributed by atoms with Crippen molar-refractivity contribution in [3.05, 3.63) is 29.8 Å². The van der Waals surface area contributed by atoms with Crippen LogP contribution in [0.1, 0.15) is 13.8 Å². The van der Waals surface area contributed by atoms with E-state index < -0.39 is 5.97 Å². The lowest BCUT2D eigenvalue weighted by Gasteiger charge is -2.00. The number of nitrogens with one attached hydrogen (secondary N) is 1. The predicted molar refractivity (Wildman–Crippen MR) is 79.4 cm³/mol. The normalized spacial score (nSPS) is 11.8. The summed E-state index contributed by atoms with van der Waals surface area (Å²) < 4.78 is 5.44. The maximum atomic E-state index is 10.5. The van der Waals surface area contributed by atoms with E-state index in [1.165, 1.54) is 17.8 Å². The lowest BCUT2D eigenvalue weighted by molar-refractivity contribution is -0.131. The number of carboxylic acid groups (broad SMARTS) is 1. The second-order valence-electron chi connectivity index (χ2n) is 4.27. The van der Waals surface area contributed by atoms with Crippen LogP contribution in [0.5, 0.6) is 5.75 Å². The fourth-order valence-corrected chi connectivity index (χ4v) is 2.52. The number of H-pyrrole nitrogens is 1. The molecule has 0 saturated carbocycles. The number of aliphatic carboxylic acids is 1. The van der Waals surface area contributed by atoms with Crippen molar-refractivity contribution in [2.45, 2.75) is 19.0 Å². The van der Waals surface area contributed by atoms with Gasteiger partial charge in [0.05, 0.1) is 17.6 Å². The summed E-state index contributed by atoms with van der Waals surface area (Å²) in [5, 5.41) is 9.42. The van der Waals surface area contributed by atoms with E-state index >= 15 is 0 Å². The van der Waals surface area contributed by atoms with Crippen molar-refractivity contribution in [2.24, 2.45) is 0 Å². The number of thioether (sulfide) groups is 1. The smallest absolute Gasteiger partial charge is 0.328 e. The van der Waals surface area contributed by atoms with Gasteiger partial charge in [0, 0.05) is 17.9 Å². The number of carbonyl (C=O) groups is 1. The molecule has 20 heavy (non-hydrogen) atoms. The zero-order valence-electron chi connectivity index (χ0n) is 11.3. The van der Waals surface area contributed by atoms with Crippen molar-refractivity contribution < 1.29 is 14.6 Å². The number of hydrogen-bond acceptors (Lipinski definition) is 4. The molecule has 1 aromatic heterocycles. The van der Waals surface area contributed by atoms with Gasteiger partial charge in [-0.3, -0.25) is 0 Å². The minimum Gasteiger partial charge on any atom is -0.494 e. The van der Waals surface area contributed by atoms with Gasteiger partial charge in [-0.1, -0.05) is 17.3 Å². The lowest BCUT2D eigenvalue weighted by atomic mass is 10.3. The number of aromatic nitrogens is 2. The molecule has 0 unspecified atom stereocenters. The first kappa shape index (κ1) is 14.5. The zero-order valence-corrected chi connectivity index (χ0v) is 12.2. The van der Waals surface area contributed by atoms with Crippen LogP contribution in [0.4, 0.5) is 0 Å². The van der Waals surface area contributed by atoms with Crippen molar-refractivity contribution in [3.8, 4) is 5.75 Å². The monoisotopic (exact) mass is 292 g/mol. The third-order valence-electron chi connectivity index (χ3n) is 2.55. The summed E-state index contributed by atoms with van der Waals surface area (Å²) in [4.78, 5) is 18.2. The van der Waals surface area contributed by atoms with Gasteiger partial charge in [-0.15, -0.1) is 0 Å². The van der Waals surface area contributed by atoms with Gasteiger partial charge >= 0.3 is 5.97 Å². The third kappa shape index (κ3) is 3.77. The summed E-state index contributed by atoms with van der Waals surface area (Å²) in [5.41, 5.74) is 2.58. The van der Waals surface area contributed by atoms with Gasteiger partial charge < -0.3 is 14.8 Å². The van der Waals surface area contributed by atoms with Crippen LogP contribution in [0, 0.1) is 0 Å². The van der Waals surface area contributed by atoms with E-state index in [2.05, 4.69) is 9.97 Å². The molecule has 2 aromatic rings. The molecule has 2 rings (SSSR count). The van der Waals surface area contributed by atoms with Crippen molar-refractivity contribution in [1.29, 1.82) is 0 Å². The van der Waals surface area contributed by atoms with E-state index in [0.717, 1.165) is 27.5 Å². The number of hydrogen-bond donors (Lipinski definition) is 2. The Morgan fingerprint density at radius 1 is 1.55 bits per heavy atom. The van der Waals surface area contributed by atoms with Crippen LogP contribution < -0.4 is 4.74 Å². The molecule has 0 atom stereocenters. The van der Waals surface area contributed by atoms with Crippen LogP contribution in [-0.2, 0) is 4.79 Å². The Kier molecular flexibility index (Phi) is 4.68. The Labute approximate surface area is 121 Å². The van der Waals surface area contributed by atoms with E-state index in [4.69, 9.17) is 9.84 Å². The van der Waals surface area contributed by atoms with Gasteiger partial charge in [-0.05, 0) is 26.0 Å². The molecule has 0 saturated heterocycles. The molecule has 2 N–H and O–H groups in total. The molecule has 0 fully saturated rings. The number of rotatable bonds is 6. The fourth-order valence-electron chi connectivity index (χ4n) is 1.72. The SMILES string of the molecule is CCOc1ccc2nc(SCC(C)=CC(=O)O)[nH]c2c1. The molecule has 0 aliphatic heterocycles. The minimum absolute atomic E-state index is 0.588. The molecule has 0 aliphatic rings. The van der Waals surface area contributed by atoms with Gasteiger partial charge in [0.25, 0.3) is 0 Å². The maximum absolute atomic E-state index is 10.5. The summed E-state index contributed by atoms with van der Waals surface area (Å²) in [6.07, 6.45) is 1.21. The number of fused-ring (bicyclic) bond motifs is 1. The summed E-state index contributed by atoms with van der Waals surface area (Å²) in [7, 11) is 0. The Balaban J connectivity index is 2.10. The van der Waals surface area contributed by atoms with E-state index in [1.807, 2.05) is 25.1 Å². The summed E-state index contributed by atoms with van der Waals surface area (Å²) in [6, 6.07) is 5.70. The van der Waals surface area contributed by atoms with Crippen LogP contribution in [0.2, 0.25) is 0 Å². The molecule has 1 aromatic carbocycles. The number of nitrogens with zero attached hydrogens (tertiary/aromatic N) is 1. The molecule has 0 aliphatic carbocycles. The van der Waals surface area contributed by atoms with Gasteiger partial charge in [-0.2, -0.15) is 0 Å². The Bertz CT molecular complexity index is 649. The van der Waals surface area contributed by atoms with E-state index in [1.54, 1.807) is 6.92 Å². The highest BCUT2D eigenvalue weighted by atomic mass is 32.2. The van der Waals surface area contributed by atoms with Crippen molar-refractivity contribution in [2.75, 3.05) is 12.4 Å². The second-order valence-corrected chi connectivity index (χ2v) is 5.24. The summed E-state index contributed by atoms with van der Waals surface area (Å²) in [5.74, 6) is 0.473. The average molecular weight is 292 g/mol. The molecular weight excluding hydrogens is 276 g/mol. The quantitative estimate of drug-likeness (QED) is 0.632. The highest BCUT2D eigenvalue weighted by molar-refractivity contribution is 7.99. The number of benzene rings is 1. The average Bonchev–Trinajstić information content (AvgIpc) is 2.78. The standard InChI is InChI=1S/C14H16N2O3S/c1-3-19-10-4-5-11-12(7-10)16-14(15-11)20-8-9(2)6-13(17)18/h4-7H,3,8H2,1-2H3,(H,15,16)(H,17,18). The first-order valence-corrected chi connectivity index (χ1v) is 7.22. The third-order valence-corrected chi connectivity index (χ3v) is 3.62. The van der Waals surface area contributed by atoms with Gasteiger partial charge in [0.2, 0.25) is 0 Å². The highest BCUT2D eigenvalue weighted by Crippen LogP contribution is 2.24. The number of imidazole rings is 1. The largest absolute Gasteiger partial charge is 0.494 e. The van der Waals surface area contributed by atoms with Crippen LogP contribution in [0.25, 0.3) is 11.0 Å². The molecule has 106 valence electrons. The first-order chi connectivity index (χ1) is 9.58. The van der Waals surface area contributed by atoms with Crippen molar-refractivity contribution in [1.82, 2.24) is 9.97 Å². The van der Waals surface area contributed by atoms with Crippen molar-refractivity contribution >= 4 is 28.8 Å². The molecule has 0 bridgehead atoms. The molecule has 5 nitrogen and oxygen atoms in total. The van der Waals surface area contributed by atoms with Gasteiger partial charge in [0.15, 0.2) is 5.16 Å². The molecule has 0 spiro atoms. The highest BCUT2D eigenvalue weighted by Gasteiger charge is 2.05. The molecular formula is C14H16N2O3S. The first-order valence-electron chi connectivity index (χ1n) is 6.24. The topological polar surface area (TPSA) is 75.2 Å². The van der Waals surface area contributed by atoms with Crippen LogP contribution in [0.15, 0.2) is 35.0 Å². The predicted octanol–water partition coefficient (Wildman–Crippen LogP) is 3.08. The molecule has 1 heterocycles. The van der Waals surface area contributed by atoms with E-state index in [9.17, 15) is 4.79 Å². The summed E-state index contributed by atoms with van der Waals surface area (Å²) in [6.45, 7) is 4.35. The van der Waals surface area contributed by atoms with Crippen LogP contribution in [0.3, 0.4) is 0 Å². The number of aromatic amines is 1. The number of carboxylic acids is 1. The van der Waals surface area contributed by atoms with Crippen molar-refractivity contribution in [3.63, 3.8) is 0 Å². The Morgan fingerprint density at radius 2 is 2.35 bits per heavy atom. The van der Waals surface area contributed by atoms with Gasteiger partial charge in [0.1, 0.15) is 5.75 Å².